The molecular formula is C16H25NO4. The molecule has 0 aromatic rings. The molecule has 2 N–H and O–H groups in total. The Kier molecular flexibility index (Phi) is 9.67. The third-order valence-corrected chi connectivity index (χ3v) is 3.12. The van der Waals surface area contributed by atoms with Gasteiger partial charge in [0.25, 0.3) is 6.47 Å². The van der Waals surface area contributed by atoms with Gasteiger partial charge >= 0.3 is 0 Å². The predicted molar refractivity (Wildman–Crippen MR) is 82.5 cm³/mol. The molecule has 1 unspecified atom stereocenters. The number of carbonyl (C=O) groups is 2. The Labute approximate surface area is 126 Å². The summed E-state index contributed by atoms with van der Waals surface area (Å²) in [7, 11) is 1.82. The molecule has 0 amide bonds. The van der Waals surface area contributed by atoms with Crippen LogP contribution in [0, 0.1) is 5.92 Å². The molecule has 0 aliphatic carbocycles. The Balaban J connectivity index is 5.02. The quantitative estimate of drug-likeness (QED) is 0.280. The molecule has 0 aliphatic rings. The number of hydrogen-bond donors (Lipinski definition) is 2. The third kappa shape index (κ3) is 7.34. The van der Waals surface area contributed by atoms with Crippen molar-refractivity contribution >= 4 is 12.3 Å². The zero-order chi connectivity index (χ0) is 16.3. The van der Waals surface area contributed by atoms with Gasteiger partial charge in [-0.05, 0) is 26.0 Å². The number of Topliss-reactive ketones (excluding diaryl/α,β-unsaturated/α-hetero) is 1. The van der Waals surface area contributed by atoms with Gasteiger partial charge in [-0.25, -0.2) is 0 Å². The zero-order valence-corrected chi connectivity index (χ0v) is 13.2. The minimum Gasteiger partial charge on any atom is -0.507 e. The van der Waals surface area contributed by atoms with E-state index in [0.29, 0.717) is 18.7 Å². The van der Waals surface area contributed by atoms with E-state index in [4.69, 9.17) is 4.74 Å². The number of hydrogen-bond acceptors (Lipinski definition) is 5. The van der Waals surface area contributed by atoms with Crippen LogP contribution >= 0.6 is 0 Å². The van der Waals surface area contributed by atoms with Gasteiger partial charge in [0.15, 0.2) is 5.78 Å². The highest BCUT2D eigenvalue weighted by Gasteiger charge is 2.13. The summed E-state index contributed by atoms with van der Waals surface area (Å²) in [6.45, 7) is 5.50. The second kappa shape index (κ2) is 10.7. The molecule has 0 bridgehead atoms. The molecule has 0 spiro atoms. The minimum absolute atomic E-state index is 0.0524. The van der Waals surface area contributed by atoms with Crippen molar-refractivity contribution < 1.29 is 19.4 Å². The molecule has 0 fully saturated rings. The van der Waals surface area contributed by atoms with Crippen molar-refractivity contribution in [1.82, 2.24) is 5.32 Å². The topological polar surface area (TPSA) is 75.6 Å². The molecular weight excluding hydrogens is 270 g/mol. The van der Waals surface area contributed by atoms with Crippen molar-refractivity contribution in [3.63, 3.8) is 0 Å². The van der Waals surface area contributed by atoms with Gasteiger partial charge in [-0.3, -0.25) is 9.59 Å². The average Bonchev–Trinajstić information content (AvgIpc) is 2.49. The second-order valence-corrected chi connectivity index (χ2v) is 4.72. The number of aliphatic hydroxyl groups excluding tert-OH is 1. The van der Waals surface area contributed by atoms with Gasteiger partial charge in [0.1, 0.15) is 11.5 Å². The van der Waals surface area contributed by atoms with Crippen LogP contribution < -0.4 is 5.32 Å². The number of allylic oxidation sites excluding steroid dienone is 4. The van der Waals surface area contributed by atoms with Crippen LogP contribution in [-0.4, -0.2) is 24.4 Å². The van der Waals surface area contributed by atoms with Gasteiger partial charge in [-0.1, -0.05) is 19.9 Å². The molecule has 0 saturated heterocycles. The van der Waals surface area contributed by atoms with E-state index < -0.39 is 0 Å². The van der Waals surface area contributed by atoms with Crippen LogP contribution in [0.5, 0.6) is 0 Å². The molecule has 0 heterocycles. The lowest BCUT2D eigenvalue weighted by Gasteiger charge is -2.13. The van der Waals surface area contributed by atoms with Gasteiger partial charge in [-0.15, -0.1) is 0 Å². The standard InChI is InChI=1S/C16H25NO4/c1-5-14(19)13(3)15(20)10-16(21-11-18)12(2)8-6-7-9-17-4/h7,9-12,17,20H,5-6,8H2,1-4H3/b9-7+,15-13-,16-10-. The molecule has 21 heavy (non-hydrogen) atoms. The molecule has 0 aliphatic heterocycles. The van der Waals surface area contributed by atoms with E-state index in [0.717, 1.165) is 12.8 Å². The van der Waals surface area contributed by atoms with Crippen molar-refractivity contribution in [3.8, 4) is 0 Å². The first kappa shape index (κ1) is 19.0. The lowest BCUT2D eigenvalue weighted by atomic mass is 10.0. The predicted octanol–water partition coefficient (Wildman–Crippen LogP) is 3.00. The van der Waals surface area contributed by atoms with Gasteiger partial charge < -0.3 is 15.2 Å². The first-order valence-electron chi connectivity index (χ1n) is 7.05. The number of aliphatic hydroxyl groups is 1. The van der Waals surface area contributed by atoms with E-state index in [9.17, 15) is 14.7 Å². The maximum atomic E-state index is 11.5. The Morgan fingerprint density at radius 2 is 2.10 bits per heavy atom. The summed E-state index contributed by atoms with van der Waals surface area (Å²) in [6.07, 6.45) is 7.03. The first-order valence-corrected chi connectivity index (χ1v) is 7.05. The summed E-state index contributed by atoms with van der Waals surface area (Å²) in [5, 5.41) is 12.8. The Morgan fingerprint density at radius 1 is 1.43 bits per heavy atom. The van der Waals surface area contributed by atoms with Gasteiger partial charge in [0.05, 0.1) is 0 Å². The maximum Gasteiger partial charge on any atom is 0.298 e. The molecule has 1 atom stereocenters. The largest absolute Gasteiger partial charge is 0.507 e. The molecule has 0 saturated carbocycles. The van der Waals surface area contributed by atoms with E-state index in [1.54, 1.807) is 13.8 Å². The molecule has 0 rings (SSSR count). The summed E-state index contributed by atoms with van der Waals surface area (Å²) in [6, 6.07) is 0. The van der Waals surface area contributed by atoms with Crippen molar-refractivity contribution in [2.75, 3.05) is 7.05 Å². The smallest absolute Gasteiger partial charge is 0.298 e. The third-order valence-electron chi connectivity index (χ3n) is 3.12. The van der Waals surface area contributed by atoms with Gasteiger partial charge in [0, 0.05) is 31.0 Å². The highest BCUT2D eigenvalue weighted by molar-refractivity contribution is 5.95. The van der Waals surface area contributed by atoms with Crippen LogP contribution in [0.25, 0.3) is 0 Å². The van der Waals surface area contributed by atoms with Gasteiger partial charge in [0.2, 0.25) is 0 Å². The van der Waals surface area contributed by atoms with E-state index >= 15 is 0 Å². The van der Waals surface area contributed by atoms with Crippen molar-refractivity contribution in [2.45, 2.75) is 40.0 Å². The van der Waals surface area contributed by atoms with Crippen molar-refractivity contribution in [1.29, 1.82) is 0 Å². The van der Waals surface area contributed by atoms with Crippen LogP contribution in [0.3, 0.4) is 0 Å². The van der Waals surface area contributed by atoms with Gasteiger partial charge in [-0.2, -0.15) is 0 Å². The minimum atomic E-state index is -0.156. The number of ether oxygens (including phenoxy) is 1. The highest BCUT2D eigenvalue weighted by Crippen LogP contribution is 2.20. The summed E-state index contributed by atoms with van der Waals surface area (Å²) >= 11 is 0. The lowest BCUT2D eigenvalue weighted by Crippen LogP contribution is -2.06. The fourth-order valence-electron chi connectivity index (χ4n) is 1.69. The molecule has 118 valence electrons. The first-order chi connectivity index (χ1) is 9.97. The SMILES string of the molecule is CCC(=O)/C(C)=C(O)/C=C(\OC=O)C(C)CC/C=C/NC. The molecule has 0 aromatic carbocycles. The fraction of sp³-hybridized carbons (Fsp3) is 0.500. The van der Waals surface area contributed by atoms with Crippen molar-refractivity contribution in [2.24, 2.45) is 5.92 Å². The zero-order valence-electron chi connectivity index (χ0n) is 13.2. The van der Waals surface area contributed by atoms with Crippen LogP contribution in [0.4, 0.5) is 0 Å². The second-order valence-electron chi connectivity index (χ2n) is 4.72. The summed E-state index contributed by atoms with van der Waals surface area (Å²) in [5.74, 6) is 0.00196. The Bertz CT molecular complexity index is 436. The number of nitrogens with one attached hydrogen (secondary N) is 1. The Morgan fingerprint density at radius 3 is 2.62 bits per heavy atom. The monoisotopic (exact) mass is 295 g/mol. The number of ketones is 1. The Hall–Kier alpha value is -2.04. The molecule has 0 aromatic heterocycles. The van der Waals surface area contributed by atoms with Crippen LogP contribution in [-0.2, 0) is 14.3 Å². The normalized spacial score (nSPS) is 14.6. The summed E-state index contributed by atoms with van der Waals surface area (Å²) in [4.78, 5) is 22.1. The van der Waals surface area contributed by atoms with E-state index in [-0.39, 0.29) is 23.0 Å². The molecule has 5 heteroatoms. The summed E-state index contributed by atoms with van der Waals surface area (Å²) < 4.78 is 4.93. The van der Waals surface area contributed by atoms with Crippen molar-refractivity contribution in [3.05, 3.63) is 35.4 Å². The average molecular weight is 295 g/mol. The lowest BCUT2D eigenvalue weighted by molar-refractivity contribution is -0.125. The highest BCUT2D eigenvalue weighted by atomic mass is 16.5. The number of rotatable bonds is 10. The van der Waals surface area contributed by atoms with Crippen LogP contribution in [0.1, 0.15) is 40.0 Å². The molecule has 0 radical (unpaired) electrons. The molecule has 5 nitrogen and oxygen atoms in total. The van der Waals surface area contributed by atoms with Crippen LogP contribution in [0.2, 0.25) is 0 Å². The van der Waals surface area contributed by atoms with E-state index in [1.807, 2.05) is 26.2 Å². The number of carbonyl (C=O) groups excluding carboxylic acids is 2. The van der Waals surface area contributed by atoms with Crippen LogP contribution in [0.15, 0.2) is 35.4 Å². The summed E-state index contributed by atoms with van der Waals surface area (Å²) in [5.41, 5.74) is 0.270. The van der Waals surface area contributed by atoms with E-state index in [1.165, 1.54) is 6.08 Å². The fourth-order valence-corrected chi connectivity index (χ4v) is 1.69. The maximum absolute atomic E-state index is 11.5. The van der Waals surface area contributed by atoms with E-state index in [2.05, 4.69) is 5.32 Å².